The van der Waals surface area contributed by atoms with Gasteiger partial charge in [0.2, 0.25) is 5.76 Å². The zero-order chi connectivity index (χ0) is 12.0. The molecule has 0 aromatic carbocycles. The highest BCUT2D eigenvalue weighted by Crippen LogP contribution is 2.13. The van der Waals surface area contributed by atoms with Crippen LogP contribution in [0.2, 0.25) is 0 Å². The molecule has 0 atom stereocenters. The summed E-state index contributed by atoms with van der Waals surface area (Å²) in [7, 11) is 0. The minimum atomic E-state index is -1.12. The Morgan fingerprint density at radius 2 is 1.94 bits per heavy atom. The molecule has 90 valence electrons. The lowest BCUT2D eigenvalue weighted by Crippen LogP contribution is -2.29. The number of carbonyl (C=O) groups is 1. The topological polar surface area (TPSA) is 94.1 Å². The lowest BCUT2D eigenvalue weighted by Gasteiger charge is -2.19. The molecule has 0 fully saturated rings. The van der Waals surface area contributed by atoms with Gasteiger partial charge >= 0.3 is 5.97 Å². The molecule has 6 heteroatoms. The first-order valence-corrected chi connectivity index (χ1v) is 4.92. The van der Waals surface area contributed by atoms with Crippen molar-refractivity contribution in [1.82, 2.24) is 4.90 Å². The van der Waals surface area contributed by atoms with Crippen LogP contribution < -0.4 is 0 Å². The fourth-order valence-electron chi connectivity index (χ4n) is 1.44. The molecule has 3 N–H and O–H groups in total. The summed E-state index contributed by atoms with van der Waals surface area (Å²) in [6.45, 7) is 1.01. The van der Waals surface area contributed by atoms with Gasteiger partial charge in [0.05, 0.1) is 19.5 Å². The van der Waals surface area contributed by atoms with Crippen LogP contribution in [0, 0.1) is 0 Å². The summed E-state index contributed by atoms with van der Waals surface area (Å²) >= 11 is 0. The second kappa shape index (κ2) is 6.26. The third-order valence-electron chi connectivity index (χ3n) is 2.17. The second-order valence-electron chi connectivity index (χ2n) is 3.30. The molecular weight excluding hydrogens is 214 g/mol. The van der Waals surface area contributed by atoms with E-state index in [0.717, 1.165) is 0 Å². The number of hydrogen-bond acceptors (Lipinski definition) is 5. The highest BCUT2D eigenvalue weighted by molar-refractivity contribution is 5.86. The van der Waals surface area contributed by atoms with Crippen molar-refractivity contribution < 1.29 is 24.5 Å². The van der Waals surface area contributed by atoms with Crippen LogP contribution in [-0.4, -0.2) is 52.5 Å². The van der Waals surface area contributed by atoms with Crippen molar-refractivity contribution >= 4 is 5.97 Å². The van der Waals surface area contributed by atoms with E-state index in [1.807, 2.05) is 0 Å². The molecule has 0 saturated carbocycles. The predicted octanol–water partition coefficient (Wildman–Crippen LogP) is -0.236. The first-order chi connectivity index (χ1) is 7.69. The number of hydrogen-bond donors (Lipinski definition) is 3. The largest absolute Gasteiger partial charge is 0.475 e. The fourth-order valence-corrected chi connectivity index (χ4v) is 1.44. The summed E-state index contributed by atoms with van der Waals surface area (Å²) in [6.07, 6.45) is 1.31. The minimum absolute atomic E-state index is 0.0414. The quantitative estimate of drug-likeness (QED) is 0.597. The zero-order valence-corrected chi connectivity index (χ0v) is 8.80. The lowest BCUT2D eigenvalue weighted by atomic mass is 10.2. The molecule has 1 heterocycles. The van der Waals surface area contributed by atoms with Crippen LogP contribution in [0.1, 0.15) is 16.1 Å². The Balaban J connectivity index is 2.68. The number of furan rings is 1. The van der Waals surface area contributed by atoms with Gasteiger partial charge in [0, 0.05) is 25.2 Å². The number of carboxylic acid groups (broad SMARTS) is 1. The first-order valence-electron chi connectivity index (χ1n) is 4.92. The molecule has 0 aliphatic heterocycles. The molecule has 1 aromatic heterocycles. The summed E-state index contributed by atoms with van der Waals surface area (Å²) in [5.74, 6) is -1.21. The van der Waals surface area contributed by atoms with Gasteiger partial charge in [0.15, 0.2) is 0 Å². The van der Waals surface area contributed by atoms with Gasteiger partial charge < -0.3 is 19.7 Å². The minimum Gasteiger partial charge on any atom is -0.475 e. The molecule has 0 aliphatic carbocycles. The summed E-state index contributed by atoms with van der Waals surface area (Å²) in [6, 6.07) is 1.57. The van der Waals surface area contributed by atoms with E-state index >= 15 is 0 Å². The number of rotatable bonds is 7. The molecule has 1 aromatic rings. The maximum Gasteiger partial charge on any atom is 0.372 e. The average molecular weight is 229 g/mol. The number of aromatic carboxylic acids is 1. The van der Waals surface area contributed by atoms with Gasteiger partial charge in [0.25, 0.3) is 0 Å². The molecule has 0 bridgehead atoms. The first kappa shape index (κ1) is 12.7. The van der Waals surface area contributed by atoms with Crippen LogP contribution >= 0.6 is 0 Å². The number of aliphatic hydroxyl groups is 2. The Hall–Kier alpha value is -1.37. The highest BCUT2D eigenvalue weighted by atomic mass is 16.4. The lowest BCUT2D eigenvalue weighted by molar-refractivity contribution is 0.0658. The van der Waals surface area contributed by atoms with Crippen molar-refractivity contribution in [1.29, 1.82) is 0 Å². The van der Waals surface area contributed by atoms with E-state index in [0.29, 0.717) is 25.2 Å². The Morgan fingerprint density at radius 1 is 1.31 bits per heavy atom. The van der Waals surface area contributed by atoms with Crippen molar-refractivity contribution in [3.63, 3.8) is 0 Å². The molecule has 0 radical (unpaired) electrons. The number of carboxylic acids is 1. The molecule has 1 rings (SSSR count). The van der Waals surface area contributed by atoms with Gasteiger partial charge in [-0.25, -0.2) is 4.79 Å². The van der Waals surface area contributed by atoms with E-state index in [1.54, 1.807) is 11.0 Å². The van der Waals surface area contributed by atoms with Crippen molar-refractivity contribution in [2.75, 3.05) is 26.3 Å². The summed E-state index contributed by atoms with van der Waals surface area (Å²) in [4.78, 5) is 12.5. The SMILES string of the molecule is O=C(O)c1occc1CN(CCO)CCO. The molecular formula is C10H15NO5. The van der Waals surface area contributed by atoms with Crippen LogP contribution in [0.3, 0.4) is 0 Å². The maximum absolute atomic E-state index is 10.8. The third kappa shape index (κ3) is 3.34. The molecule has 0 unspecified atom stereocenters. The summed E-state index contributed by atoms with van der Waals surface area (Å²) in [5.41, 5.74) is 0.536. The van der Waals surface area contributed by atoms with E-state index in [-0.39, 0.29) is 19.0 Å². The summed E-state index contributed by atoms with van der Waals surface area (Å²) in [5, 5.41) is 26.4. The fraction of sp³-hybridized carbons (Fsp3) is 0.500. The van der Waals surface area contributed by atoms with Crippen LogP contribution in [0.15, 0.2) is 16.7 Å². The van der Waals surface area contributed by atoms with E-state index in [4.69, 9.17) is 19.7 Å². The van der Waals surface area contributed by atoms with Gasteiger partial charge in [-0.15, -0.1) is 0 Å². The molecule has 0 aliphatic rings. The highest BCUT2D eigenvalue weighted by Gasteiger charge is 2.16. The van der Waals surface area contributed by atoms with Crippen LogP contribution in [0.4, 0.5) is 0 Å². The summed E-state index contributed by atoms with van der Waals surface area (Å²) < 4.78 is 4.83. The van der Waals surface area contributed by atoms with Crippen LogP contribution in [0.5, 0.6) is 0 Å². The number of aliphatic hydroxyl groups excluding tert-OH is 2. The number of nitrogens with zero attached hydrogens (tertiary/aromatic N) is 1. The molecule has 0 spiro atoms. The maximum atomic E-state index is 10.8. The Kier molecular flexibility index (Phi) is 4.97. The van der Waals surface area contributed by atoms with Crippen molar-refractivity contribution in [2.24, 2.45) is 0 Å². The van der Waals surface area contributed by atoms with Gasteiger partial charge in [-0.2, -0.15) is 0 Å². The Labute approximate surface area is 92.7 Å². The van der Waals surface area contributed by atoms with Crippen molar-refractivity contribution in [3.8, 4) is 0 Å². The third-order valence-corrected chi connectivity index (χ3v) is 2.17. The van der Waals surface area contributed by atoms with Crippen molar-refractivity contribution in [2.45, 2.75) is 6.54 Å². The van der Waals surface area contributed by atoms with Crippen molar-refractivity contribution in [3.05, 3.63) is 23.7 Å². The van der Waals surface area contributed by atoms with Gasteiger partial charge in [0.1, 0.15) is 0 Å². The van der Waals surface area contributed by atoms with Gasteiger partial charge in [-0.05, 0) is 6.07 Å². The van der Waals surface area contributed by atoms with E-state index in [1.165, 1.54) is 6.26 Å². The Morgan fingerprint density at radius 3 is 2.44 bits per heavy atom. The monoisotopic (exact) mass is 229 g/mol. The predicted molar refractivity (Wildman–Crippen MR) is 55.1 cm³/mol. The van der Waals surface area contributed by atoms with E-state index in [2.05, 4.69) is 0 Å². The Bertz CT molecular complexity index is 330. The van der Waals surface area contributed by atoms with E-state index in [9.17, 15) is 4.79 Å². The molecule has 16 heavy (non-hydrogen) atoms. The molecule has 0 saturated heterocycles. The van der Waals surface area contributed by atoms with E-state index < -0.39 is 5.97 Å². The zero-order valence-electron chi connectivity index (χ0n) is 8.80. The standard InChI is InChI=1S/C10H15NO5/c12-4-2-11(3-5-13)7-8-1-6-16-9(8)10(14)15/h1,6,12-13H,2-5,7H2,(H,14,15). The smallest absolute Gasteiger partial charge is 0.372 e. The molecule has 0 amide bonds. The second-order valence-corrected chi connectivity index (χ2v) is 3.30. The normalized spacial score (nSPS) is 10.9. The van der Waals surface area contributed by atoms with Crippen LogP contribution in [0.25, 0.3) is 0 Å². The average Bonchev–Trinajstić information content (AvgIpc) is 2.66. The molecule has 6 nitrogen and oxygen atoms in total. The van der Waals surface area contributed by atoms with Gasteiger partial charge in [-0.3, -0.25) is 4.90 Å². The van der Waals surface area contributed by atoms with Gasteiger partial charge in [-0.1, -0.05) is 0 Å². The van der Waals surface area contributed by atoms with Crippen LogP contribution in [-0.2, 0) is 6.54 Å².